The van der Waals surface area contributed by atoms with Crippen LogP contribution in [0.5, 0.6) is 0 Å². The van der Waals surface area contributed by atoms with Crippen LogP contribution < -0.4 is 5.32 Å². The lowest BCUT2D eigenvalue weighted by Gasteiger charge is -2.25. The fraction of sp³-hybridized carbons (Fsp3) is 0.935. The molecule has 8 nitrogen and oxygen atoms in total. The minimum absolute atomic E-state index is 0.0647. The van der Waals surface area contributed by atoms with Gasteiger partial charge in [0.05, 0.1) is 39.9 Å². The largest absolute Gasteiger partial charge is 0.472 e. The number of allylic oxidation sites excluding steroid dienone is 1. The third kappa shape index (κ3) is 41.2. The molecule has 0 bridgehead atoms. The van der Waals surface area contributed by atoms with Crippen LogP contribution in [0.2, 0.25) is 0 Å². The maximum atomic E-state index is 12.9. The lowest BCUT2D eigenvalue weighted by atomic mass is 10.0. The van der Waals surface area contributed by atoms with E-state index in [0.717, 1.165) is 32.1 Å². The highest BCUT2D eigenvalue weighted by Crippen LogP contribution is 2.43. The summed E-state index contributed by atoms with van der Waals surface area (Å²) in [5.74, 6) is -0.173. The van der Waals surface area contributed by atoms with E-state index in [1.165, 1.54) is 173 Å². The highest BCUT2D eigenvalue weighted by atomic mass is 31.2. The Labute approximate surface area is 342 Å². The van der Waals surface area contributed by atoms with Crippen molar-refractivity contribution in [1.29, 1.82) is 0 Å². The number of nitrogens with one attached hydrogen (secondary N) is 1. The Morgan fingerprint density at radius 2 is 0.964 bits per heavy atom. The van der Waals surface area contributed by atoms with E-state index < -0.39 is 20.0 Å². The molecule has 0 spiro atoms. The number of unbranched alkanes of at least 4 members (excludes halogenated alkanes) is 30. The summed E-state index contributed by atoms with van der Waals surface area (Å²) >= 11 is 0. The molecule has 0 fully saturated rings. The molecule has 3 N–H and O–H groups in total. The fourth-order valence-electron chi connectivity index (χ4n) is 6.98. The summed E-state index contributed by atoms with van der Waals surface area (Å²) in [5, 5.41) is 13.8. The monoisotopic (exact) mass is 802 g/mol. The summed E-state index contributed by atoms with van der Waals surface area (Å²) < 4.78 is 23.6. The van der Waals surface area contributed by atoms with E-state index in [2.05, 4.69) is 19.2 Å². The predicted octanol–water partition coefficient (Wildman–Crippen LogP) is 13.1. The number of phosphoric ester groups is 1. The molecular formula is C46H94N2O6P+. The molecule has 328 valence electrons. The van der Waals surface area contributed by atoms with E-state index in [-0.39, 0.29) is 19.1 Å². The van der Waals surface area contributed by atoms with Crippen LogP contribution in [-0.2, 0) is 18.4 Å². The molecule has 1 unspecified atom stereocenters. The summed E-state index contributed by atoms with van der Waals surface area (Å²) in [4.78, 5) is 23.1. The number of hydrogen-bond donors (Lipinski definition) is 3. The normalized spacial score (nSPS) is 14.4. The molecule has 0 aliphatic heterocycles. The Hall–Kier alpha value is -0.760. The predicted molar refractivity (Wildman–Crippen MR) is 235 cm³/mol. The molecule has 0 rings (SSSR count). The molecule has 0 aromatic heterocycles. The van der Waals surface area contributed by atoms with Crippen LogP contribution in [0.3, 0.4) is 0 Å². The minimum atomic E-state index is -4.33. The average molecular weight is 802 g/mol. The highest BCUT2D eigenvalue weighted by Gasteiger charge is 2.27. The zero-order chi connectivity index (χ0) is 40.7. The zero-order valence-electron chi connectivity index (χ0n) is 37.2. The summed E-state index contributed by atoms with van der Waals surface area (Å²) in [6.45, 7) is 4.84. The molecule has 55 heavy (non-hydrogen) atoms. The van der Waals surface area contributed by atoms with Crippen LogP contribution in [0.1, 0.15) is 226 Å². The number of quaternary nitrogens is 1. The number of carbonyl (C=O) groups is 1. The first kappa shape index (κ1) is 54.2. The highest BCUT2D eigenvalue weighted by molar-refractivity contribution is 7.47. The molecule has 0 saturated heterocycles. The van der Waals surface area contributed by atoms with Crippen molar-refractivity contribution < 1.29 is 32.9 Å². The molecule has 9 heteroatoms. The number of rotatable bonds is 43. The number of carbonyl (C=O) groups excluding carboxylic acids is 1. The zero-order valence-corrected chi connectivity index (χ0v) is 38.1. The first-order valence-corrected chi connectivity index (χ1v) is 25.1. The molecule has 0 saturated carbocycles. The number of nitrogens with zero attached hydrogens (tertiary/aromatic N) is 1. The van der Waals surface area contributed by atoms with E-state index in [4.69, 9.17) is 9.05 Å². The van der Waals surface area contributed by atoms with Crippen molar-refractivity contribution in [2.75, 3.05) is 40.9 Å². The van der Waals surface area contributed by atoms with Gasteiger partial charge >= 0.3 is 7.82 Å². The SMILES string of the molecule is CCCCCCCCCCCCCCCC/C=C/[C@@H](O)[C@H](COP(=O)(O)OCC[N+](C)(C)C)NC(=O)CCCCCCCCCCCCCCCCCCC. The van der Waals surface area contributed by atoms with Crippen LogP contribution >= 0.6 is 7.82 Å². The van der Waals surface area contributed by atoms with E-state index in [0.29, 0.717) is 17.4 Å². The summed E-state index contributed by atoms with van der Waals surface area (Å²) in [7, 11) is 1.58. The molecule has 0 radical (unpaired) electrons. The van der Waals surface area contributed by atoms with Crippen molar-refractivity contribution in [3.63, 3.8) is 0 Å². The standard InChI is InChI=1S/C46H93N2O6P/c1-6-8-10-12-14-16-18-20-22-24-26-28-30-32-34-36-38-40-46(50)47-44(43-54-55(51,52)53-42-41-48(3,4)5)45(49)39-37-35-33-31-29-27-25-23-21-19-17-15-13-11-9-7-2/h37,39,44-45,49H,6-36,38,40-43H2,1-5H3,(H-,47,50,51,52)/p+1/b39-37+/t44-,45+/m0/s1. The van der Waals surface area contributed by atoms with Gasteiger partial charge < -0.3 is 19.8 Å². The van der Waals surface area contributed by atoms with Crippen LogP contribution in [0, 0.1) is 0 Å². The second-order valence-corrected chi connectivity index (χ2v) is 18.9. The molecular weight excluding hydrogens is 707 g/mol. The third-order valence-electron chi connectivity index (χ3n) is 10.8. The summed E-state index contributed by atoms with van der Waals surface area (Å²) in [5.41, 5.74) is 0. The number of phosphoric acid groups is 1. The second-order valence-electron chi connectivity index (χ2n) is 17.5. The molecule has 0 aromatic carbocycles. The molecule has 3 atom stereocenters. The topological polar surface area (TPSA) is 105 Å². The Morgan fingerprint density at radius 3 is 1.35 bits per heavy atom. The maximum Gasteiger partial charge on any atom is 0.472 e. The van der Waals surface area contributed by atoms with Gasteiger partial charge in [0.1, 0.15) is 13.2 Å². The van der Waals surface area contributed by atoms with Gasteiger partial charge in [0.2, 0.25) is 5.91 Å². The van der Waals surface area contributed by atoms with Gasteiger partial charge in [-0.3, -0.25) is 13.8 Å². The van der Waals surface area contributed by atoms with Crippen molar-refractivity contribution in [1.82, 2.24) is 5.32 Å². The maximum absolute atomic E-state index is 12.9. The number of hydrogen-bond acceptors (Lipinski definition) is 5. The number of aliphatic hydroxyl groups excluding tert-OH is 1. The van der Waals surface area contributed by atoms with Gasteiger partial charge in [-0.2, -0.15) is 0 Å². The second kappa shape index (κ2) is 38.7. The van der Waals surface area contributed by atoms with Gasteiger partial charge in [-0.25, -0.2) is 4.57 Å². The van der Waals surface area contributed by atoms with E-state index >= 15 is 0 Å². The lowest BCUT2D eigenvalue weighted by molar-refractivity contribution is -0.870. The number of amides is 1. The van der Waals surface area contributed by atoms with E-state index in [1.54, 1.807) is 6.08 Å². The van der Waals surface area contributed by atoms with Crippen LogP contribution in [0.15, 0.2) is 12.2 Å². The average Bonchev–Trinajstić information content (AvgIpc) is 3.13. The Balaban J connectivity index is 4.36. The van der Waals surface area contributed by atoms with Crippen LogP contribution in [-0.4, -0.2) is 73.4 Å². The number of likely N-dealkylation sites (N-methyl/N-ethyl adjacent to an activating group) is 1. The van der Waals surface area contributed by atoms with Gasteiger partial charge in [-0.1, -0.05) is 212 Å². The first-order chi connectivity index (χ1) is 26.5. The van der Waals surface area contributed by atoms with Gasteiger partial charge in [0, 0.05) is 6.42 Å². The number of aliphatic hydroxyl groups is 1. The van der Waals surface area contributed by atoms with Crippen molar-refractivity contribution >= 4 is 13.7 Å². The smallest absolute Gasteiger partial charge is 0.387 e. The quantitative estimate of drug-likeness (QED) is 0.0245. The Kier molecular flexibility index (Phi) is 38.2. The van der Waals surface area contributed by atoms with Crippen molar-refractivity contribution in [2.24, 2.45) is 0 Å². The molecule has 0 aromatic rings. The van der Waals surface area contributed by atoms with Gasteiger partial charge in [0.25, 0.3) is 0 Å². The van der Waals surface area contributed by atoms with Crippen molar-refractivity contribution in [2.45, 2.75) is 238 Å². The Morgan fingerprint density at radius 1 is 0.600 bits per heavy atom. The first-order valence-electron chi connectivity index (χ1n) is 23.6. The molecule has 0 aliphatic carbocycles. The molecule has 0 aliphatic rings. The van der Waals surface area contributed by atoms with Crippen molar-refractivity contribution in [3.8, 4) is 0 Å². The molecule has 1 amide bonds. The summed E-state index contributed by atoms with van der Waals surface area (Å²) in [6, 6.07) is -0.839. The third-order valence-corrected chi connectivity index (χ3v) is 11.7. The van der Waals surface area contributed by atoms with E-state index in [1.807, 2.05) is 27.2 Å². The molecule has 0 heterocycles. The van der Waals surface area contributed by atoms with Gasteiger partial charge in [-0.15, -0.1) is 0 Å². The summed E-state index contributed by atoms with van der Waals surface area (Å²) in [6.07, 6.45) is 44.2. The van der Waals surface area contributed by atoms with Gasteiger partial charge in [-0.05, 0) is 19.3 Å². The van der Waals surface area contributed by atoms with Crippen LogP contribution in [0.4, 0.5) is 0 Å². The van der Waals surface area contributed by atoms with Gasteiger partial charge in [0.15, 0.2) is 0 Å². The van der Waals surface area contributed by atoms with E-state index in [9.17, 15) is 19.4 Å². The fourth-order valence-corrected chi connectivity index (χ4v) is 7.72. The minimum Gasteiger partial charge on any atom is -0.387 e. The Bertz CT molecular complexity index is 911. The van der Waals surface area contributed by atoms with Crippen LogP contribution in [0.25, 0.3) is 0 Å². The lowest BCUT2D eigenvalue weighted by Crippen LogP contribution is -2.45. The van der Waals surface area contributed by atoms with Crippen molar-refractivity contribution in [3.05, 3.63) is 12.2 Å².